The minimum Gasteiger partial charge on any atom is -0.404 e. The van der Waals surface area contributed by atoms with Gasteiger partial charge in [-0.1, -0.05) is 18.9 Å². The van der Waals surface area contributed by atoms with Crippen molar-refractivity contribution in [1.82, 2.24) is 20.1 Å². The first-order chi connectivity index (χ1) is 16.1. The molecule has 1 fully saturated rings. The molecule has 1 aliphatic rings. The average Bonchev–Trinajstić information content (AvgIpc) is 3.21. The summed E-state index contributed by atoms with van der Waals surface area (Å²) in [6.45, 7) is 5.33. The van der Waals surface area contributed by atoms with Crippen molar-refractivity contribution in [2.24, 2.45) is 16.5 Å². The van der Waals surface area contributed by atoms with Crippen LogP contribution in [0.25, 0.3) is 5.57 Å². The number of aliphatic imine (C=N–C) groups is 1. The molecule has 3 rings (SSSR count). The van der Waals surface area contributed by atoms with E-state index in [0.717, 1.165) is 70.4 Å². The van der Waals surface area contributed by atoms with Crippen LogP contribution in [0.5, 0.6) is 0 Å². The number of aryl methyl sites for hydroxylation is 1. The molecule has 178 valence electrons. The molecule has 6 N–H and O–H groups in total. The van der Waals surface area contributed by atoms with Crippen LogP contribution in [0.3, 0.4) is 0 Å². The van der Waals surface area contributed by atoms with Gasteiger partial charge in [0.05, 0.1) is 23.1 Å². The van der Waals surface area contributed by atoms with Gasteiger partial charge in [-0.3, -0.25) is 14.5 Å². The van der Waals surface area contributed by atoms with E-state index in [2.05, 4.69) is 25.7 Å². The average molecular weight is 453 g/mol. The quantitative estimate of drug-likeness (QED) is 0.306. The SMILES string of the molecule is Cc1nn(C2CCNCC2)cc1NC(=O)c1cccc(C(C=NCCCCCCN)=CN)n1. The van der Waals surface area contributed by atoms with Crippen molar-refractivity contribution in [3.8, 4) is 0 Å². The summed E-state index contributed by atoms with van der Waals surface area (Å²) in [4.78, 5) is 21.8. The summed E-state index contributed by atoms with van der Waals surface area (Å²) in [7, 11) is 0. The molecule has 0 saturated carbocycles. The van der Waals surface area contributed by atoms with Crippen LogP contribution in [-0.4, -0.2) is 53.1 Å². The zero-order valence-corrected chi connectivity index (χ0v) is 19.5. The molecule has 0 aliphatic carbocycles. The van der Waals surface area contributed by atoms with Gasteiger partial charge < -0.3 is 22.1 Å². The minimum absolute atomic E-state index is 0.280. The molecule has 1 saturated heterocycles. The number of carbonyl (C=O) groups excluding carboxylic acids is 1. The first-order valence-electron chi connectivity index (χ1n) is 11.8. The van der Waals surface area contributed by atoms with Crippen molar-refractivity contribution in [2.75, 3.05) is 31.5 Å². The van der Waals surface area contributed by atoms with Gasteiger partial charge in [0.1, 0.15) is 5.69 Å². The summed E-state index contributed by atoms with van der Waals surface area (Å²) < 4.78 is 1.97. The van der Waals surface area contributed by atoms with E-state index in [-0.39, 0.29) is 5.91 Å². The number of nitrogens with zero attached hydrogens (tertiary/aromatic N) is 4. The van der Waals surface area contributed by atoms with Crippen molar-refractivity contribution in [1.29, 1.82) is 0 Å². The lowest BCUT2D eigenvalue weighted by Crippen LogP contribution is -2.29. The fourth-order valence-electron chi connectivity index (χ4n) is 3.83. The van der Waals surface area contributed by atoms with Crippen molar-refractivity contribution < 1.29 is 4.79 Å². The Bertz CT molecular complexity index is 959. The minimum atomic E-state index is -0.280. The van der Waals surface area contributed by atoms with E-state index in [1.165, 1.54) is 6.20 Å². The van der Waals surface area contributed by atoms with Crippen LogP contribution in [0.4, 0.5) is 5.69 Å². The Labute approximate surface area is 195 Å². The summed E-state index contributed by atoms with van der Waals surface area (Å²) in [6, 6.07) is 5.67. The summed E-state index contributed by atoms with van der Waals surface area (Å²) in [5.41, 5.74) is 14.4. The van der Waals surface area contributed by atoms with E-state index in [0.29, 0.717) is 28.7 Å². The molecule has 1 aliphatic heterocycles. The summed E-state index contributed by atoms with van der Waals surface area (Å²) in [5.74, 6) is -0.280. The smallest absolute Gasteiger partial charge is 0.274 e. The number of amides is 1. The van der Waals surface area contributed by atoms with Gasteiger partial charge in [-0.2, -0.15) is 5.10 Å². The number of rotatable bonds is 11. The van der Waals surface area contributed by atoms with Gasteiger partial charge >= 0.3 is 0 Å². The molecule has 3 heterocycles. The lowest BCUT2D eigenvalue weighted by Gasteiger charge is -2.22. The number of piperidine rings is 1. The van der Waals surface area contributed by atoms with Gasteiger partial charge in [-0.15, -0.1) is 0 Å². The van der Waals surface area contributed by atoms with Gasteiger partial charge in [0.2, 0.25) is 0 Å². The third-order valence-corrected chi connectivity index (χ3v) is 5.78. The standard InChI is InChI=1S/C24H36N8O/c1-18-23(17-32(31-18)20-9-13-27-14-10-20)30-24(33)22-8-6-7-21(29-22)19(15-26)16-28-12-5-3-2-4-11-25/h6-8,15-17,20,27H,2-5,9-14,25-26H2,1H3,(H,30,33). The Balaban J connectivity index is 1.61. The van der Waals surface area contributed by atoms with E-state index in [9.17, 15) is 4.79 Å². The maximum Gasteiger partial charge on any atom is 0.274 e. The normalized spacial score (nSPS) is 15.3. The Morgan fingerprint density at radius 1 is 1.24 bits per heavy atom. The zero-order valence-electron chi connectivity index (χ0n) is 19.5. The van der Waals surface area contributed by atoms with Gasteiger partial charge in [0, 0.05) is 30.7 Å². The van der Waals surface area contributed by atoms with Crippen LogP contribution >= 0.6 is 0 Å². The predicted octanol–water partition coefficient (Wildman–Crippen LogP) is 2.65. The summed E-state index contributed by atoms with van der Waals surface area (Å²) >= 11 is 0. The van der Waals surface area contributed by atoms with E-state index in [1.54, 1.807) is 18.3 Å². The van der Waals surface area contributed by atoms with Gasteiger partial charge in [0.25, 0.3) is 5.91 Å². The molecule has 0 unspecified atom stereocenters. The van der Waals surface area contributed by atoms with Crippen molar-refractivity contribution >= 4 is 23.4 Å². The molecule has 2 aromatic rings. The molecule has 2 aromatic heterocycles. The van der Waals surface area contributed by atoms with Crippen LogP contribution in [0.15, 0.2) is 35.6 Å². The van der Waals surface area contributed by atoms with Crippen molar-refractivity contribution in [3.05, 3.63) is 47.7 Å². The van der Waals surface area contributed by atoms with Crippen LogP contribution < -0.4 is 22.1 Å². The molecule has 0 atom stereocenters. The third kappa shape index (κ3) is 7.23. The molecule has 33 heavy (non-hydrogen) atoms. The molecule has 1 amide bonds. The fraction of sp³-hybridized carbons (Fsp3) is 0.500. The summed E-state index contributed by atoms with van der Waals surface area (Å²) in [6.07, 6.45) is 11.5. The topological polar surface area (TPSA) is 136 Å². The number of nitrogens with one attached hydrogen (secondary N) is 2. The number of anilines is 1. The molecule has 9 heteroatoms. The molecule has 0 spiro atoms. The van der Waals surface area contributed by atoms with Gasteiger partial charge in [0.15, 0.2) is 0 Å². The zero-order chi connectivity index (χ0) is 23.5. The highest BCUT2D eigenvalue weighted by Gasteiger charge is 2.19. The maximum atomic E-state index is 12.9. The highest BCUT2D eigenvalue weighted by Crippen LogP contribution is 2.22. The molecule has 0 radical (unpaired) electrons. The first-order valence-corrected chi connectivity index (χ1v) is 11.8. The number of hydrogen-bond donors (Lipinski definition) is 4. The van der Waals surface area contributed by atoms with Crippen LogP contribution in [0, 0.1) is 6.92 Å². The Kier molecular flexibility index (Phi) is 9.59. The summed E-state index contributed by atoms with van der Waals surface area (Å²) in [5, 5.41) is 10.9. The second-order valence-corrected chi connectivity index (χ2v) is 8.31. The lowest BCUT2D eigenvalue weighted by molar-refractivity contribution is 0.102. The number of nitrogens with two attached hydrogens (primary N) is 2. The van der Waals surface area contributed by atoms with E-state index >= 15 is 0 Å². The van der Waals surface area contributed by atoms with Crippen molar-refractivity contribution in [2.45, 2.75) is 51.5 Å². The monoisotopic (exact) mass is 452 g/mol. The van der Waals surface area contributed by atoms with Crippen LogP contribution in [0.1, 0.15) is 66.4 Å². The second-order valence-electron chi connectivity index (χ2n) is 8.31. The number of unbranched alkanes of at least 4 members (excludes halogenated alkanes) is 3. The number of aromatic nitrogens is 3. The molecular weight excluding hydrogens is 416 g/mol. The highest BCUT2D eigenvalue weighted by atomic mass is 16.1. The lowest BCUT2D eigenvalue weighted by atomic mass is 10.1. The maximum absolute atomic E-state index is 12.9. The molecule has 9 nitrogen and oxygen atoms in total. The number of allylic oxidation sites excluding steroid dienone is 1. The number of carbonyl (C=O) groups is 1. The Morgan fingerprint density at radius 3 is 2.76 bits per heavy atom. The van der Waals surface area contributed by atoms with Gasteiger partial charge in [-0.05, 0) is 64.4 Å². The first kappa shape index (κ1) is 24.6. The third-order valence-electron chi connectivity index (χ3n) is 5.78. The van der Waals surface area contributed by atoms with E-state index in [1.807, 2.05) is 23.9 Å². The predicted molar refractivity (Wildman–Crippen MR) is 133 cm³/mol. The van der Waals surface area contributed by atoms with E-state index < -0.39 is 0 Å². The Morgan fingerprint density at radius 2 is 2.00 bits per heavy atom. The van der Waals surface area contributed by atoms with Crippen LogP contribution in [-0.2, 0) is 0 Å². The molecule has 0 bridgehead atoms. The molecular formula is C24H36N8O. The fourth-order valence-corrected chi connectivity index (χ4v) is 3.83. The van der Waals surface area contributed by atoms with Crippen LogP contribution in [0.2, 0.25) is 0 Å². The molecule has 0 aromatic carbocycles. The number of pyridine rings is 1. The second kappa shape index (κ2) is 12.9. The van der Waals surface area contributed by atoms with E-state index in [4.69, 9.17) is 11.5 Å². The highest BCUT2D eigenvalue weighted by molar-refractivity contribution is 6.09. The van der Waals surface area contributed by atoms with Gasteiger partial charge in [-0.25, -0.2) is 4.98 Å². The van der Waals surface area contributed by atoms with Crippen molar-refractivity contribution in [3.63, 3.8) is 0 Å². The largest absolute Gasteiger partial charge is 0.404 e. The Hall–Kier alpha value is -3.04. The number of hydrogen-bond acceptors (Lipinski definition) is 7.